The molecule has 2 heterocycles. The fourth-order valence-corrected chi connectivity index (χ4v) is 2.12. The molecule has 0 aromatic carbocycles. The van der Waals surface area contributed by atoms with Crippen molar-refractivity contribution in [3.63, 3.8) is 0 Å². The zero-order valence-corrected chi connectivity index (χ0v) is 12.3. The number of carbonyl (C=O) groups excluding carboxylic acids is 2. The molecule has 1 aromatic rings. The summed E-state index contributed by atoms with van der Waals surface area (Å²) in [6, 6.07) is -0.533. The normalized spacial score (nSPS) is 15.8. The lowest BCUT2D eigenvalue weighted by atomic mass is 10.2. The van der Waals surface area contributed by atoms with Crippen molar-refractivity contribution < 1.29 is 9.59 Å². The van der Waals surface area contributed by atoms with Crippen molar-refractivity contribution >= 4 is 29.8 Å². The molecule has 0 atom stereocenters. The number of amides is 3. The van der Waals surface area contributed by atoms with E-state index in [9.17, 15) is 9.59 Å². The Bertz CT molecular complexity index is 579. The number of nitrogens with zero attached hydrogens (tertiary/aromatic N) is 4. The van der Waals surface area contributed by atoms with E-state index in [1.165, 1.54) is 6.21 Å². The summed E-state index contributed by atoms with van der Waals surface area (Å²) in [5.74, 6) is 0.0454. The molecule has 0 radical (unpaired) electrons. The van der Waals surface area contributed by atoms with Gasteiger partial charge in [0, 0.05) is 6.54 Å². The summed E-state index contributed by atoms with van der Waals surface area (Å²) >= 11 is 6.25. The first-order chi connectivity index (χ1) is 9.38. The monoisotopic (exact) mass is 297 g/mol. The number of nitrogens with one attached hydrogen (secondary N) is 1. The molecular weight excluding hydrogens is 282 g/mol. The molecule has 0 saturated carbocycles. The Hall–Kier alpha value is -1.89. The van der Waals surface area contributed by atoms with E-state index in [0.717, 1.165) is 10.7 Å². The molecular formula is C12H16ClN5O2. The van der Waals surface area contributed by atoms with E-state index in [1.807, 2.05) is 6.92 Å². The predicted molar refractivity (Wildman–Crippen MR) is 74.7 cm³/mol. The topological polar surface area (TPSA) is 79.6 Å². The number of rotatable bonds is 4. The van der Waals surface area contributed by atoms with Gasteiger partial charge in [0.15, 0.2) is 0 Å². The molecule has 7 nitrogen and oxygen atoms in total. The minimum absolute atomic E-state index is 0.0773. The van der Waals surface area contributed by atoms with E-state index in [2.05, 4.69) is 29.4 Å². The summed E-state index contributed by atoms with van der Waals surface area (Å²) < 4.78 is 1.71. The van der Waals surface area contributed by atoms with Crippen molar-refractivity contribution in [1.82, 2.24) is 20.1 Å². The molecule has 0 unspecified atom stereocenters. The maximum Gasteiger partial charge on any atom is 0.344 e. The molecule has 1 aliphatic heterocycles. The highest BCUT2D eigenvalue weighted by atomic mass is 35.5. The number of hydrazone groups is 1. The number of hydrogen-bond acceptors (Lipinski definition) is 4. The number of halogens is 1. The molecule has 0 spiro atoms. The van der Waals surface area contributed by atoms with Gasteiger partial charge >= 0.3 is 6.03 Å². The molecule has 1 fully saturated rings. The van der Waals surface area contributed by atoms with Crippen LogP contribution in [-0.4, -0.2) is 39.5 Å². The maximum absolute atomic E-state index is 11.4. The Morgan fingerprint density at radius 1 is 1.50 bits per heavy atom. The Morgan fingerprint density at radius 3 is 2.75 bits per heavy atom. The Morgan fingerprint density at radius 2 is 2.20 bits per heavy atom. The first kappa shape index (κ1) is 14.5. The molecule has 108 valence electrons. The number of aryl methyl sites for hydroxylation is 1. The summed E-state index contributed by atoms with van der Waals surface area (Å²) in [5.41, 5.74) is 1.38. The van der Waals surface area contributed by atoms with Crippen molar-refractivity contribution in [3.8, 4) is 0 Å². The summed E-state index contributed by atoms with van der Waals surface area (Å²) in [4.78, 5) is 22.4. The van der Waals surface area contributed by atoms with E-state index in [1.54, 1.807) is 4.68 Å². The minimum atomic E-state index is -0.533. The second-order valence-corrected chi connectivity index (χ2v) is 5.38. The van der Waals surface area contributed by atoms with Crippen LogP contribution < -0.4 is 5.32 Å². The lowest BCUT2D eigenvalue weighted by Crippen LogP contribution is -2.24. The zero-order chi connectivity index (χ0) is 14.9. The molecule has 0 aliphatic carbocycles. The summed E-state index contributed by atoms with van der Waals surface area (Å²) in [6.45, 7) is 6.59. The first-order valence-corrected chi connectivity index (χ1v) is 6.64. The predicted octanol–water partition coefficient (Wildman–Crippen LogP) is 1.39. The van der Waals surface area contributed by atoms with E-state index < -0.39 is 6.03 Å². The molecule has 1 aliphatic rings. The molecule has 3 amide bonds. The zero-order valence-electron chi connectivity index (χ0n) is 11.6. The Kier molecular flexibility index (Phi) is 4.08. The second-order valence-electron chi connectivity index (χ2n) is 5.02. The lowest BCUT2D eigenvalue weighted by molar-refractivity contribution is -0.118. The highest BCUT2D eigenvalue weighted by Gasteiger charge is 2.26. The van der Waals surface area contributed by atoms with Gasteiger partial charge in [0.2, 0.25) is 5.91 Å². The third kappa shape index (κ3) is 2.98. The van der Waals surface area contributed by atoms with Gasteiger partial charge in [-0.2, -0.15) is 10.2 Å². The standard InChI is InChI=1S/C12H16ClN5O2/c1-7(2)5-17-11(13)9(8(3)16-17)4-14-18-6-10(19)15-12(18)20/h4,7H,5-6H2,1-3H3,(H,15,19,20). The SMILES string of the molecule is Cc1nn(CC(C)C)c(Cl)c1C=NN1CC(=O)NC1=O. The van der Waals surface area contributed by atoms with Crippen LogP contribution in [-0.2, 0) is 11.3 Å². The van der Waals surface area contributed by atoms with Gasteiger partial charge in [0.25, 0.3) is 0 Å². The van der Waals surface area contributed by atoms with Crippen LogP contribution in [0.2, 0.25) is 5.15 Å². The van der Waals surface area contributed by atoms with Gasteiger partial charge in [0.1, 0.15) is 11.7 Å². The fourth-order valence-electron chi connectivity index (χ4n) is 1.83. The largest absolute Gasteiger partial charge is 0.344 e. The van der Waals surface area contributed by atoms with Gasteiger partial charge in [-0.1, -0.05) is 25.4 Å². The Balaban J connectivity index is 2.19. The second kappa shape index (κ2) is 5.62. The average molecular weight is 298 g/mol. The number of urea groups is 1. The van der Waals surface area contributed by atoms with Crippen LogP contribution in [0.3, 0.4) is 0 Å². The molecule has 0 bridgehead atoms. The average Bonchev–Trinajstić information content (AvgIpc) is 2.78. The first-order valence-electron chi connectivity index (χ1n) is 6.26. The van der Waals surface area contributed by atoms with Crippen molar-refractivity contribution in [2.75, 3.05) is 6.54 Å². The van der Waals surface area contributed by atoms with Crippen molar-refractivity contribution in [2.24, 2.45) is 11.0 Å². The van der Waals surface area contributed by atoms with Gasteiger partial charge in [-0.25, -0.2) is 9.80 Å². The fraction of sp³-hybridized carbons (Fsp3) is 0.500. The van der Waals surface area contributed by atoms with Gasteiger partial charge < -0.3 is 0 Å². The van der Waals surface area contributed by atoms with Crippen LogP contribution in [0.15, 0.2) is 5.10 Å². The van der Waals surface area contributed by atoms with Gasteiger partial charge in [-0.05, 0) is 12.8 Å². The van der Waals surface area contributed by atoms with Crippen molar-refractivity contribution in [1.29, 1.82) is 0 Å². The summed E-state index contributed by atoms with van der Waals surface area (Å²) in [6.07, 6.45) is 1.46. The lowest BCUT2D eigenvalue weighted by Gasteiger charge is -2.06. The van der Waals surface area contributed by atoms with Crippen molar-refractivity contribution in [3.05, 3.63) is 16.4 Å². The van der Waals surface area contributed by atoms with Crippen LogP contribution in [0.25, 0.3) is 0 Å². The number of hydrogen-bond donors (Lipinski definition) is 1. The highest BCUT2D eigenvalue weighted by molar-refractivity contribution is 6.32. The summed E-state index contributed by atoms with van der Waals surface area (Å²) in [5, 5.41) is 12.0. The van der Waals surface area contributed by atoms with Crippen LogP contribution in [0.1, 0.15) is 25.1 Å². The quantitative estimate of drug-likeness (QED) is 0.673. The van der Waals surface area contributed by atoms with E-state index in [0.29, 0.717) is 23.2 Å². The smallest absolute Gasteiger partial charge is 0.275 e. The molecule has 20 heavy (non-hydrogen) atoms. The van der Waals surface area contributed by atoms with E-state index in [-0.39, 0.29) is 12.5 Å². The third-order valence-electron chi connectivity index (χ3n) is 2.75. The molecule has 1 saturated heterocycles. The van der Waals surface area contributed by atoms with Gasteiger partial charge in [-0.3, -0.25) is 14.8 Å². The number of imide groups is 1. The number of carbonyl (C=O) groups is 2. The maximum atomic E-state index is 11.4. The van der Waals surface area contributed by atoms with Crippen LogP contribution >= 0.6 is 11.6 Å². The van der Waals surface area contributed by atoms with E-state index in [4.69, 9.17) is 11.6 Å². The van der Waals surface area contributed by atoms with E-state index >= 15 is 0 Å². The third-order valence-corrected chi connectivity index (χ3v) is 3.15. The summed E-state index contributed by atoms with van der Waals surface area (Å²) in [7, 11) is 0. The van der Waals surface area contributed by atoms with Gasteiger partial charge in [-0.15, -0.1) is 0 Å². The molecule has 1 aromatic heterocycles. The minimum Gasteiger partial charge on any atom is -0.275 e. The highest BCUT2D eigenvalue weighted by Crippen LogP contribution is 2.19. The Labute approximate surface area is 121 Å². The number of aromatic nitrogens is 2. The van der Waals surface area contributed by atoms with Gasteiger partial charge in [0.05, 0.1) is 17.5 Å². The van der Waals surface area contributed by atoms with Crippen LogP contribution in [0, 0.1) is 12.8 Å². The van der Waals surface area contributed by atoms with Crippen LogP contribution in [0.5, 0.6) is 0 Å². The molecule has 8 heteroatoms. The molecule has 1 N–H and O–H groups in total. The van der Waals surface area contributed by atoms with Crippen molar-refractivity contribution in [2.45, 2.75) is 27.3 Å². The molecule has 2 rings (SSSR count). The van der Waals surface area contributed by atoms with Crippen LogP contribution in [0.4, 0.5) is 4.79 Å².